The van der Waals surface area contributed by atoms with Gasteiger partial charge in [0.15, 0.2) is 0 Å². The van der Waals surface area contributed by atoms with Crippen LogP contribution in [0.1, 0.15) is 11.6 Å². The minimum absolute atomic E-state index is 0.00985. The van der Waals surface area contributed by atoms with Crippen LogP contribution in [0.15, 0.2) is 47.1 Å². The maximum atomic E-state index is 12.2. The second kappa shape index (κ2) is 7.20. The van der Waals surface area contributed by atoms with Gasteiger partial charge in [-0.05, 0) is 36.4 Å². The summed E-state index contributed by atoms with van der Waals surface area (Å²) in [5.41, 5.74) is 0.913. The van der Waals surface area contributed by atoms with E-state index in [-0.39, 0.29) is 18.3 Å². The summed E-state index contributed by atoms with van der Waals surface area (Å²) in [6.07, 6.45) is 1.36. The Morgan fingerprint density at radius 3 is 2.76 bits per heavy atom. The van der Waals surface area contributed by atoms with E-state index in [1.807, 2.05) is 30.3 Å². The zero-order chi connectivity index (χ0) is 17.8. The van der Waals surface area contributed by atoms with E-state index in [4.69, 9.17) is 21.3 Å². The van der Waals surface area contributed by atoms with Crippen LogP contribution in [-0.2, 0) is 17.9 Å². The Hall–Kier alpha value is -3.11. The average Bonchev–Trinajstić information content (AvgIpc) is 3.25. The average molecular weight is 356 g/mol. The first-order chi connectivity index (χ1) is 12.0. The highest BCUT2D eigenvalue weighted by atomic mass is 35.5. The SMILES string of the molecule is CN(Cc1ccc(-c2ccc(Cl)cc2)o1)C(=O)Cn1cnc(C#N)n1. The van der Waals surface area contributed by atoms with Crippen LogP contribution in [0.4, 0.5) is 0 Å². The van der Waals surface area contributed by atoms with Gasteiger partial charge in [-0.2, -0.15) is 5.26 Å². The van der Waals surface area contributed by atoms with Crippen LogP contribution in [0, 0.1) is 11.3 Å². The van der Waals surface area contributed by atoms with E-state index in [9.17, 15) is 4.79 Å². The van der Waals surface area contributed by atoms with Crippen molar-refractivity contribution in [2.75, 3.05) is 7.05 Å². The Morgan fingerprint density at radius 1 is 1.32 bits per heavy atom. The van der Waals surface area contributed by atoms with Crippen LogP contribution in [0.3, 0.4) is 0 Å². The van der Waals surface area contributed by atoms with Crippen molar-refractivity contribution in [1.82, 2.24) is 19.7 Å². The molecule has 0 unspecified atom stereocenters. The maximum Gasteiger partial charge on any atom is 0.252 e. The van der Waals surface area contributed by atoms with Gasteiger partial charge in [0.25, 0.3) is 5.82 Å². The fourth-order valence-electron chi connectivity index (χ4n) is 2.24. The van der Waals surface area contributed by atoms with Gasteiger partial charge >= 0.3 is 0 Å². The number of carbonyl (C=O) groups excluding carboxylic acids is 1. The molecular formula is C17H14ClN5O2. The van der Waals surface area contributed by atoms with Gasteiger partial charge in [-0.25, -0.2) is 9.67 Å². The predicted octanol–water partition coefficient (Wildman–Crippen LogP) is 2.72. The van der Waals surface area contributed by atoms with Crippen LogP contribution < -0.4 is 0 Å². The summed E-state index contributed by atoms with van der Waals surface area (Å²) in [6, 6.07) is 12.8. The molecule has 2 aromatic heterocycles. The van der Waals surface area contributed by atoms with E-state index < -0.39 is 0 Å². The Kier molecular flexibility index (Phi) is 4.82. The maximum absolute atomic E-state index is 12.2. The largest absolute Gasteiger partial charge is 0.459 e. The first-order valence-corrected chi connectivity index (χ1v) is 7.81. The second-order valence-corrected chi connectivity index (χ2v) is 5.84. The molecule has 126 valence electrons. The van der Waals surface area contributed by atoms with Crippen LogP contribution >= 0.6 is 11.6 Å². The number of nitrogens with zero attached hydrogens (tertiary/aromatic N) is 5. The molecule has 0 saturated carbocycles. The van der Waals surface area contributed by atoms with E-state index in [0.29, 0.717) is 23.1 Å². The number of rotatable bonds is 5. The van der Waals surface area contributed by atoms with Crippen molar-refractivity contribution in [1.29, 1.82) is 5.26 Å². The highest BCUT2D eigenvalue weighted by molar-refractivity contribution is 6.30. The van der Waals surface area contributed by atoms with Crippen molar-refractivity contribution in [2.45, 2.75) is 13.1 Å². The molecule has 1 amide bonds. The smallest absolute Gasteiger partial charge is 0.252 e. The first kappa shape index (κ1) is 16.7. The van der Waals surface area contributed by atoms with Crippen LogP contribution in [0.25, 0.3) is 11.3 Å². The Labute approximate surface area is 149 Å². The summed E-state index contributed by atoms with van der Waals surface area (Å²) < 4.78 is 7.12. The standard InChI is InChI=1S/C17H14ClN5O2/c1-22(17(24)10-23-11-20-16(8-19)21-23)9-14-6-7-15(25-14)12-2-4-13(18)5-3-12/h2-7,11H,9-10H2,1H3. The molecule has 0 bridgehead atoms. The fraction of sp³-hybridized carbons (Fsp3) is 0.176. The molecule has 0 spiro atoms. The Bertz CT molecular complexity index is 923. The molecule has 3 aromatic rings. The van der Waals surface area contributed by atoms with Gasteiger partial charge in [0.2, 0.25) is 5.91 Å². The number of carbonyl (C=O) groups is 1. The van der Waals surface area contributed by atoms with E-state index in [2.05, 4.69) is 10.1 Å². The molecule has 2 heterocycles. The molecule has 3 rings (SSSR count). The van der Waals surface area contributed by atoms with Gasteiger partial charge in [-0.15, -0.1) is 5.10 Å². The molecule has 0 fully saturated rings. The molecule has 0 aliphatic heterocycles. The lowest BCUT2D eigenvalue weighted by atomic mass is 10.2. The van der Waals surface area contributed by atoms with Gasteiger partial charge in [0.1, 0.15) is 30.5 Å². The molecule has 1 aromatic carbocycles. The van der Waals surface area contributed by atoms with E-state index >= 15 is 0 Å². The first-order valence-electron chi connectivity index (χ1n) is 7.43. The minimum Gasteiger partial charge on any atom is -0.459 e. The third-order valence-corrected chi connectivity index (χ3v) is 3.79. The molecular weight excluding hydrogens is 342 g/mol. The van der Waals surface area contributed by atoms with Gasteiger partial charge in [-0.1, -0.05) is 11.6 Å². The number of halogens is 1. The van der Waals surface area contributed by atoms with Crippen LogP contribution in [0.5, 0.6) is 0 Å². The van der Waals surface area contributed by atoms with E-state index in [1.165, 1.54) is 15.9 Å². The monoisotopic (exact) mass is 355 g/mol. The quantitative estimate of drug-likeness (QED) is 0.702. The molecule has 0 atom stereocenters. The summed E-state index contributed by atoms with van der Waals surface area (Å²) in [5, 5.41) is 13.2. The number of amides is 1. The van der Waals surface area contributed by atoms with Crippen molar-refractivity contribution in [3.8, 4) is 17.4 Å². The van der Waals surface area contributed by atoms with E-state index in [1.54, 1.807) is 19.2 Å². The normalized spacial score (nSPS) is 10.4. The molecule has 25 heavy (non-hydrogen) atoms. The molecule has 8 heteroatoms. The molecule has 0 aliphatic rings. The number of hydrogen-bond donors (Lipinski definition) is 0. The topological polar surface area (TPSA) is 88.0 Å². The summed E-state index contributed by atoms with van der Waals surface area (Å²) in [4.78, 5) is 17.5. The van der Waals surface area contributed by atoms with Crippen LogP contribution in [-0.4, -0.2) is 32.6 Å². The Morgan fingerprint density at radius 2 is 2.08 bits per heavy atom. The van der Waals surface area contributed by atoms with Crippen molar-refractivity contribution < 1.29 is 9.21 Å². The molecule has 0 saturated heterocycles. The number of aromatic nitrogens is 3. The van der Waals surface area contributed by atoms with Gasteiger partial charge in [0.05, 0.1) is 6.54 Å². The van der Waals surface area contributed by atoms with Crippen molar-refractivity contribution >= 4 is 17.5 Å². The number of furan rings is 1. The minimum atomic E-state index is -0.168. The highest BCUT2D eigenvalue weighted by Crippen LogP contribution is 2.24. The lowest BCUT2D eigenvalue weighted by Gasteiger charge is -2.15. The fourth-order valence-corrected chi connectivity index (χ4v) is 2.36. The summed E-state index contributed by atoms with van der Waals surface area (Å²) in [5.74, 6) is 1.24. The number of benzene rings is 1. The molecule has 0 radical (unpaired) electrons. The summed E-state index contributed by atoms with van der Waals surface area (Å²) in [6.45, 7) is 0.335. The third-order valence-electron chi connectivity index (χ3n) is 3.54. The highest BCUT2D eigenvalue weighted by Gasteiger charge is 2.14. The van der Waals surface area contributed by atoms with Crippen molar-refractivity contribution in [3.63, 3.8) is 0 Å². The molecule has 0 aliphatic carbocycles. The predicted molar refractivity (Wildman–Crippen MR) is 90.4 cm³/mol. The third kappa shape index (κ3) is 4.05. The van der Waals surface area contributed by atoms with Gasteiger partial charge < -0.3 is 9.32 Å². The summed E-state index contributed by atoms with van der Waals surface area (Å²) in [7, 11) is 1.68. The van der Waals surface area contributed by atoms with Gasteiger partial charge in [0, 0.05) is 17.6 Å². The second-order valence-electron chi connectivity index (χ2n) is 5.40. The van der Waals surface area contributed by atoms with Crippen molar-refractivity contribution in [2.24, 2.45) is 0 Å². The zero-order valence-electron chi connectivity index (χ0n) is 13.4. The lowest BCUT2D eigenvalue weighted by molar-refractivity contribution is -0.131. The number of likely N-dealkylation sites (N-methyl/N-ethyl adjacent to an activating group) is 1. The summed E-state index contributed by atoms with van der Waals surface area (Å²) >= 11 is 5.88. The number of hydrogen-bond acceptors (Lipinski definition) is 5. The zero-order valence-corrected chi connectivity index (χ0v) is 14.1. The van der Waals surface area contributed by atoms with Crippen molar-refractivity contribution in [3.05, 3.63) is 59.3 Å². The van der Waals surface area contributed by atoms with E-state index in [0.717, 1.165) is 5.56 Å². The lowest BCUT2D eigenvalue weighted by Crippen LogP contribution is -2.29. The van der Waals surface area contributed by atoms with Gasteiger partial charge in [-0.3, -0.25) is 4.79 Å². The van der Waals surface area contributed by atoms with Crippen LogP contribution in [0.2, 0.25) is 5.02 Å². The number of nitriles is 1. The Balaban J connectivity index is 1.62. The molecule has 0 N–H and O–H groups in total. The molecule has 7 nitrogen and oxygen atoms in total.